The molecule has 1 fully saturated rings. The molecule has 0 aliphatic carbocycles. The van der Waals surface area contributed by atoms with Crippen LogP contribution < -0.4 is 0 Å². The van der Waals surface area contributed by atoms with E-state index < -0.39 is 12.0 Å². The van der Waals surface area contributed by atoms with Crippen LogP contribution in [0.4, 0.5) is 0 Å². The Morgan fingerprint density at radius 2 is 2.05 bits per heavy atom. The van der Waals surface area contributed by atoms with E-state index >= 15 is 0 Å². The molecule has 0 bridgehead atoms. The number of carbonyl (C=O) groups excluding carboxylic acids is 1. The van der Waals surface area contributed by atoms with Crippen LogP contribution in [0.2, 0.25) is 5.02 Å². The molecule has 5 nitrogen and oxygen atoms in total. The number of aryl methyl sites for hydroxylation is 1. The number of halogens is 1. The van der Waals surface area contributed by atoms with E-state index in [1.807, 2.05) is 12.1 Å². The van der Waals surface area contributed by atoms with Crippen LogP contribution in [0.25, 0.3) is 0 Å². The van der Waals surface area contributed by atoms with Crippen molar-refractivity contribution in [3.63, 3.8) is 0 Å². The first kappa shape index (κ1) is 14.8. The summed E-state index contributed by atoms with van der Waals surface area (Å²) in [5.41, 5.74) is 1.00. The Bertz CT molecular complexity index is 488. The van der Waals surface area contributed by atoms with Crippen molar-refractivity contribution < 1.29 is 19.4 Å². The standard InChI is InChI=1S/C14H16ClNO4/c15-11-4-1-10(2-5-11)3-6-13(17)16-7-8-20-9-12(16)14(18)19/h1-2,4-5,12H,3,6-9H2,(H,18,19)/t12-/m1/s1. The van der Waals surface area contributed by atoms with Gasteiger partial charge in [0.2, 0.25) is 5.91 Å². The van der Waals surface area contributed by atoms with Gasteiger partial charge in [-0.1, -0.05) is 23.7 Å². The average Bonchev–Trinajstić information content (AvgIpc) is 2.46. The minimum Gasteiger partial charge on any atom is -0.480 e. The van der Waals surface area contributed by atoms with Crippen LogP contribution in [0, 0.1) is 0 Å². The summed E-state index contributed by atoms with van der Waals surface area (Å²) in [4.78, 5) is 24.6. The molecule has 1 aromatic carbocycles. The number of hydrogen-bond donors (Lipinski definition) is 1. The predicted molar refractivity (Wildman–Crippen MR) is 73.7 cm³/mol. The highest BCUT2D eigenvalue weighted by Crippen LogP contribution is 2.14. The SMILES string of the molecule is O=C(O)[C@H]1COCCN1C(=O)CCc1ccc(Cl)cc1. The quantitative estimate of drug-likeness (QED) is 0.916. The molecule has 1 aliphatic rings. The molecule has 2 rings (SSSR count). The zero-order valence-corrected chi connectivity index (χ0v) is 11.7. The third-order valence-electron chi connectivity index (χ3n) is 3.27. The number of hydrogen-bond acceptors (Lipinski definition) is 3. The Kier molecular flexibility index (Phi) is 4.98. The number of carbonyl (C=O) groups is 2. The molecule has 20 heavy (non-hydrogen) atoms. The molecule has 6 heteroatoms. The zero-order chi connectivity index (χ0) is 14.5. The number of ether oxygens (including phenoxy) is 1. The van der Waals surface area contributed by atoms with E-state index in [-0.39, 0.29) is 18.9 Å². The topological polar surface area (TPSA) is 66.8 Å². The number of carboxylic acid groups (broad SMARTS) is 1. The van der Waals surface area contributed by atoms with E-state index in [2.05, 4.69) is 0 Å². The van der Waals surface area contributed by atoms with Gasteiger partial charge in [-0.3, -0.25) is 4.79 Å². The van der Waals surface area contributed by atoms with Gasteiger partial charge in [-0.15, -0.1) is 0 Å². The van der Waals surface area contributed by atoms with Gasteiger partial charge >= 0.3 is 5.97 Å². The van der Waals surface area contributed by atoms with E-state index in [4.69, 9.17) is 21.4 Å². The van der Waals surface area contributed by atoms with Crippen molar-refractivity contribution in [2.24, 2.45) is 0 Å². The van der Waals surface area contributed by atoms with Gasteiger partial charge in [0, 0.05) is 18.0 Å². The lowest BCUT2D eigenvalue weighted by atomic mass is 10.1. The number of benzene rings is 1. The van der Waals surface area contributed by atoms with Crippen molar-refractivity contribution in [2.45, 2.75) is 18.9 Å². The summed E-state index contributed by atoms with van der Waals surface area (Å²) in [6.07, 6.45) is 0.852. The normalized spacial score (nSPS) is 18.9. The second-order valence-electron chi connectivity index (χ2n) is 4.64. The van der Waals surface area contributed by atoms with Crippen molar-refractivity contribution in [3.8, 4) is 0 Å². The molecule has 1 atom stereocenters. The van der Waals surface area contributed by atoms with Gasteiger partial charge in [0.25, 0.3) is 0 Å². The first-order valence-corrected chi connectivity index (χ1v) is 6.80. The molecule has 1 aliphatic heterocycles. The van der Waals surface area contributed by atoms with E-state index in [1.54, 1.807) is 12.1 Å². The molecule has 0 saturated carbocycles. The van der Waals surface area contributed by atoms with Crippen molar-refractivity contribution in [1.29, 1.82) is 0 Å². The molecule has 0 radical (unpaired) electrons. The maximum atomic E-state index is 12.1. The third-order valence-corrected chi connectivity index (χ3v) is 3.53. The Balaban J connectivity index is 1.93. The second-order valence-corrected chi connectivity index (χ2v) is 5.08. The molecule has 1 saturated heterocycles. The third kappa shape index (κ3) is 3.71. The smallest absolute Gasteiger partial charge is 0.328 e. The number of nitrogens with zero attached hydrogens (tertiary/aromatic N) is 1. The summed E-state index contributed by atoms with van der Waals surface area (Å²) in [5.74, 6) is -1.18. The highest BCUT2D eigenvalue weighted by Gasteiger charge is 2.32. The molecule has 0 unspecified atom stereocenters. The summed E-state index contributed by atoms with van der Waals surface area (Å²) in [5, 5.41) is 9.74. The Labute approximate surface area is 122 Å². The van der Waals surface area contributed by atoms with Gasteiger partial charge in [-0.25, -0.2) is 4.79 Å². The summed E-state index contributed by atoms with van der Waals surface area (Å²) < 4.78 is 5.11. The van der Waals surface area contributed by atoms with Gasteiger partial charge in [0.05, 0.1) is 13.2 Å². The zero-order valence-electron chi connectivity index (χ0n) is 10.9. The van der Waals surface area contributed by atoms with Crippen molar-refractivity contribution in [2.75, 3.05) is 19.8 Å². The predicted octanol–water partition coefficient (Wildman–Crippen LogP) is 1.58. The lowest BCUT2D eigenvalue weighted by Gasteiger charge is -2.32. The monoisotopic (exact) mass is 297 g/mol. The Morgan fingerprint density at radius 3 is 2.70 bits per heavy atom. The van der Waals surface area contributed by atoms with Crippen molar-refractivity contribution >= 4 is 23.5 Å². The number of carboxylic acids is 1. The van der Waals surface area contributed by atoms with Gasteiger partial charge in [0.15, 0.2) is 6.04 Å². The van der Waals surface area contributed by atoms with Crippen LogP contribution in [-0.2, 0) is 20.7 Å². The van der Waals surface area contributed by atoms with Crippen LogP contribution in [0.1, 0.15) is 12.0 Å². The van der Waals surface area contributed by atoms with Crippen LogP contribution >= 0.6 is 11.6 Å². The molecular formula is C14H16ClNO4. The number of amides is 1. The lowest BCUT2D eigenvalue weighted by Crippen LogP contribution is -2.52. The van der Waals surface area contributed by atoms with E-state index in [9.17, 15) is 9.59 Å². The fourth-order valence-corrected chi connectivity index (χ4v) is 2.28. The maximum absolute atomic E-state index is 12.1. The Morgan fingerprint density at radius 1 is 1.35 bits per heavy atom. The summed E-state index contributed by atoms with van der Waals surface area (Å²) >= 11 is 5.80. The molecule has 1 heterocycles. The molecular weight excluding hydrogens is 282 g/mol. The number of aliphatic carboxylic acids is 1. The van der Waals surface area contributed by atoms with Crippen molar-refractivity contribution in [1.82, 2.24) is 4.90 Å². The van der Waals surface area contributed by atoms with Crippen LogP contribution in [0.3, 0.4) is 0 Å². The lowest BCUT2D eigenvalue weighted by molar-refractivity contribution is -0.158. The first-order valence-electron chi connectivity index (χ1n) is 6.42. The molecule has 1 amide bonds. The molecule has 0 aromatic heterocycles. The highest BCUT2D eigenvalue weighted by atomic mass is 35.5. The molecule has 1 aromatic rings. The largest absolute Gasteiger partial charge is 0.480 e. The fourth-order valence-electron chi connectivity index (χ4n) is 2.15. The van der Waals surface area contributed by atoms with Crippen LogP contribution in [0.15, 0.2) is 24.3 Å². The van der Waals surface area contributed by atoms with Gasteiger partial charge in [0.1, 0.15) is 0 Å². The maximum Gasteiger partial charge on any atom is 0.328 e. The van der Waals surface area contributed by atoms with Gasteiger partial charge in [-0.2, -0.15) is 0 Å². The van der Waals surface area contributed by atoms with E-state index in [0.717, 1.165) is 5.56 Å². The minimum atomic E-state index is -1.02. The minimum absolute atomic E-state index is 0.0576. The van der Waals surface area contributed by atoms with Crippen LogP contribution in [-0.4, -0.2) is 47.7 Å². The first-order chi connectivity index (χ1) is 9.58. The highest BCUT2D eigenvalue weighted by molar-refractivity contribution is 6.30. The van der Waals surface area contributed by atoms with E-state index in [0.29, 0.717) is 24.6 Å². The second kappa shape index (κ2) is 6.72. The summed E-state index contributed by atoms with van der Waals surface area (Å²) in [6.45, 7) is 0.773. The summed E-state index contributed by atoms with van der Waals surface area (Å²) in [6, 6.07) is 6.40. The van der Waals surface area contributed by atoms with Gasteiger partial charge < -0.3 is 14.7 Å². The Hall–Kier alpha value is -1.59. The van der Waals surface area contributed by atoms with Gasteiger partial charge in [-0.05, 0) is 24.1 Å². The van der Waals surface area contributed by atoms with E-state index in [1.165, 1.54) is 4.90 Å². The molecule has 0 spiro atoms. The molecule has 1 N–H and O–H groups in total. The summed E-state index contributed by atoms with van der Waals surface area (Å²) in [7, 11) is 0. The van der Waals surface area contributed by atoms with Crippen LogP contribution in [0.5, 0.6) is 0 Å². The number of rotatable bonds is 4. The number of morpholine rings is 1. The molecule has 108 valence electrons. The fraction of sp³-hybridized carbons (Fsp3) is 0.429. The van der Waals surface area contributed by atoms with Crippen molar-refractivity contribution in [3.05, 3.63) is 34.9 Å². The average molecular weight is 298 g/mol.